The molecule has 0 N–H and O–H groups in total. The van der Waals surface area contributed by atoms with Crippen LogP contribution < -0.4 is 4.74 Å². The summed E-state index contributed by atoms with van der Waals surface area (Å²) < 4.78 is 5.82. The fourth-order valence-corrected chi connectivity index (χ4v) is 2.14. The monoisotopic (exact) mass is 316 g/mol. The van der Waals surface area contributed by atoms with E-state index < -0.39 is 17.8 Å². The molecule has 0 aliphatic carbocycles. The van der Waals surface area contributed by atoms with Crippen LogP contribution >= 0.6 is 0 Å². The molecule has 1 aliphatic rings. The third-order valence-corrected chi connectivity index (χ3v) is 3.77. The Kier molecular flexibility index (Phi) is 4.83. The second-order valence-corrected chi connectivity index (χ2v) is 5.44. The number of nitrogens with zero attached hydrogens (tertiary/aromatic N) is 2. The van der Waals surface area contributed by atoms with Crippen molar-refractivity contribution in [1.29, 1.82) is 0 Å². The van der Waals surface area contributed by atoms with Gasteiger partial charge in [-0.25, -0.2) is 4.79 Å². The molecule has 0 radical (unpaired) electrons. The summed E-state index contributed by atoms with van der Waals surface area (Å²) in [5, 5.41) is 0. The molecular formula is C17H20N2O4. The van der Waals surface area contributed by atoms with Crippen molar-refractivity contribution in [3.05, 3.63) is 35.4 Å². The minimum absolute atomic E-state index is 0.0132. The molecule has 0 bridgehead atoms. The van der Waals surface area contributed by atoms with E-state index in [1.807, 2.05) is 19.9 Å². The molecule has 1 fully saturated rings. The highest BCUT2D eigenvalue weighted by Crippen LogP contribution is 2.25. The number of urea groups is 1. The molecule has 0 saturated carbocycles. The van der Waals surface area contributed by atoms with Gasteiger partial charge in [-0.1, -0.05) is 25.1 Å². The fourth-order valence-electron chi connectivity index (χ4n) is 2.14. The molecule has 4 amide bonds. The molecule has 1 aromatic carbocycles. The maximum Gasteiger partial charge on any atom is 0.333 e. The zero-order valence-corrected chi connectivity index (χ0v) is 13.7. The summed E-state index contributed by atoms with van der Waals surface area (Å²) in [5.41, 5.74) is 0.565. The standard InChI is InChI=1S/C17H20N2O4/c1-5-11(2)23-14-9-7-6-8-12(14)10-13-15(20)18(3)17(22)19(4)16(13)21/h6-11H,5H2,1-4H3/t11-/m1/s1. The molecule has 23 heavy (non-hydrogen) atoms. The van der Waals surface area contributed by atoms with Gasteiger partial charge < -0.3 is 4.74 Å². The topological polar surface area (TPSA) is 66.9 Å². The van der Waals surface area contributed by atoms with Crippen LogP contribution in [0.15, 0.2) is 29.8 Å². The normalized spacial score (nSPS) is 16.7. The second kappa shape index (κ2) is 6.64. The molecule has 0 aromatic heterocycles. The number of para-hydroxylation sites is 1. The third kappa shape index (κ3) is 3.26. The molecule has 0 spiro atoms. The SMILES string of the molecule is CC[C@@H](C)Oc1ccccc1C=C1C(=O)N(C)C(=O)N(C)C1=O. The number of hydrogen-bond donors (Lipinski definition) is 0. The molecule has 122 valence electrons. The summed E-state index contributed by atoms with van der Waals surface area (Å²) in [7, 11) is 2.70. The van der Waals surface area contributed by atoms with Crippen molar-refractivity contribution in [3.63, 3.8) is 0 Å². The molecule has 1 aromatic rings. The van der Waals surface area contributed by atoms with Crippen LogP contribution in [0.4, 0.5) is 4.79 Å². The first-order chi connectivity index (χ1) is 10.9. The largest absolute Gasteiger partial charge is 0.490 e. The summed E-state index contributed by atoms with van der Waals surface area (Å²) in [5.74, 6) is -0.634. The molecule has 0 unspecified atom stereocenters. The lowest BCUT2D eigenvalue weighted by Gasteiger charge is -2.29. The lowest BCUT2D eigenvalue weighted by molar-refractivity contribution is -0.134. The number of imide groups is 2. The molecule has 6 nitrogen and oxygen atoms in total. The molecule has 1 aliphatic heterocycles. The number of rotatable bonds is 4. The number of carbonyl (C=O) groups excluding carboxylic acids is 3. The van der Waals surface area contributed by atoms with Gasteiger partial charge in [-0.15, -0.1) is 0 Å². The Bertz CT molecular complexity index is 655. The first-order valence-corrected chi connectivity index (χ1v) is 7.44. The fraction of sp³-hybridized carbons (Fsp3) is 0.353. The van der Waals surface area contributed by atoms with Gasteiger partial charge in [0.15, 0.2) is 0 Å². The van der Waals surface area contributed by atoms with Crippen LogP contribution in [0, 0.1) is 0 Å². The van der Waals surface area contributed by atoms with Gasteiger partial charge in [0.1, 0.15) is 11.3 Å². The van der Waals surface area contributed by atoms with Gasteiger partial charge in [0, 0.05) is 19.7 Å². The lowest BCUT2D eigenvalue weighted by atomic mass is 10.1. The van der Waals surface area contributed by atoms with Crippen LogP contribution in [-0.2, 0) is 9.59 Å². The predicted octanol–water partition coefficient (Wildman–Crippen LogP) is 2.30. The summed E-state index contributed by atoms with van der Waals surface area (Å²) in [6.45, 7) is 3.95. The average molecular weight is 316 g/mol. The second-order valence-electron chi connectivity index (χ2n) is 5.44. The number of barbiturate groups is 1. The van der Waals surface area contributed by atoms with E-state index >= 15 is 0 Å². The van der Waals surface area contributed by atoms with Gasteiger partial charge in [-0.05, 0) is 25.5 Å². The van der Waals surface area contributed by atoms with E-state index in [9.17, 15) is 14.4 Å². The van der Waals surface area contributed by atoms with Crippen LogP contribution in [0.1, 0.15) is 25.8 Å². The molecular weight excluding hydrogens is 296 g/mol. The van der Waals surface area contributed by atoms with Crippen molar-refractivity contribution in [3.8, 4) is 5.75 Å². The van der Waals surface area contributed by atoms with Crippen molar-refractivity contribution >= 4 is 23.9 Å². The van der Waals surface area contributed by atoms with Gasteiger partial charge in [-0.2, -0.15) is 0 Å². The first-order valence-electron chi connectivity index (χ1n) is 7.44. The van der Waals surface area contributed by atoms with Crippen molar-refractivity contribution in [1.82, 2.24) is 9.80 Å². The summed E-state index contributed by atoms with van der Waals surface area (Å²) >= 11 is 0. The maximum atomic E-state index is 12.2. The van der Waals surface area contributed by atoms with Gasteiger partial charge in [0.05, 0.1) is 6.10 Å². The van der Waals surface area contributed by atoms with Crippen LogP contribution in [0.5, 0.6) is 5.75 Å². The first kappa shape index (κ1) is 16.7. The van der Waals surface area contributed by atoms with Crippen LogP contribution in [0.3, 0.4) is 0 Å². The van der Waals surface area contributed by atoms with E-state index in [1.165, 1.54) is 20.2 Å². The summed E-state index contributed by atoms with van der Waals surface area (Å²) in [6.07, 6.45) is 2.32. The zero-order chi connectivity index (χ0) is 17.1. The Labute approximate surface area is 135 Å². The number of ether oxygens (including phenoxy) is 1. The predicted molar refractivity (Wildman–Crippen MR) is 85.7 cm³/mol. The van der Waals surface area contributed by atoms with E-state index in [4.69, 9.17) is 4.74 Å². The quantitative estimate of drug-likeness (QED) is 0.631. The van der Waals surface area contributed by atoms with Gasteiger partial charge in [0.2, 0.25) is 0 Å². The van der Waals surface area contributed by atoms with Crippen molar-refractivity contribution in [2.24, 2.45) is 0 Å². The summed E-state index contributed by atoms with van der Waals surface area (Å²) in [6, 6.07) is 6.54. The molecule has 1 saturated heterocycles. The minimum Gasteiger partial charge on any atom is -0.490 e. The number of hydrogen-bond acceptors (Lipinski definition) is 4. The Hall–Kier alpha value is -2.63. The number of carbonyl (C=O) groups is 3. The van der Waals surface area contributed by atoms with Crippen LogP contribution in [0.25, 0.3) is 6.08 Å². The molecule has 1 atom stereocenters. The van der Waals surface area contributed by atoms with E-state index in [0.717, 1.165) is 16.2 Å². The van der Waals surface area contributed by atoms with Crippen molar-refractivity contribution < 1.29 is 19.1 Å². The summed E-state index contributed by atoms with van der Waals surface area (Å²) in [4.78, 5) is 38.1. The number of likely N-dealkylation sites (N-methyl/N-ethyl adjacent to an activating group) is 2. The number of benzene rings is 1. The van der Waals surface area contributed by atoms with Gasteiger partial charge in [0.25, 0.3) is 11.8 Å². The zero-order valence-electron chi connectivity index (χ0n) is 13.7. The van der Waals surface area contributed by atoms with Crippen molar-refractivity contribution in [2.45, 2.75) is 26.4 Å². The maximum absolute atomic E-state index is 12.2. The Morgan fingerprint density at radius 3 is 2.22 bits per heavy atom. The van der Waals surface area contributed by atoms with E-state index in [2.05, 4.69) is 0 Å². The van der Waals surface area contributed by atoms with Gasteiger partial charge in [-0.3, -0.25) is 19.4 Å². The average Bonchev–Trinajstić information content (AvgIpc) is 2.56. The van der Waals surface area contributed by atoms with Crippen LogP contribution in [-0.4, -0.2) is 47.8 Å². The highest BCUT2D eigenvalue weighted by atomic mass is 16.5. The van der Waals surface area contributed by atoms with Crippen molar-refractivity contribution in [2.75, 3.05) is 14.1 Å². The molecule has 6 heteroatoms. The van der Waals surface area contributed by atoms with E-state index in [-0.39, 0.29) is 11.7 Å². The number of amides is 4. The third-order valence-electron chi connectivity index (χ3n) is 3.77. The Balaban J connectivity index is 2.43. The van der Waals surface area contributed by atoms with Gasteiger partial charge >= 0.3 is 6.03 Å². The Morgan fingerprint density at radius 2 is 1.65 bits per heavy atom. The minimum atomic E-state index is -0.638. The highest BCUT2D eigenvalue weighted by Gasteiger charge is 2.37. The van der Waals surface area contributed by atoms with Crippen LogP contribution in [0.2, 0.25) is 0 Å². The molecule has 2 rings (SSSR count). The van der Waals surface area contributed by atoms with E-state index in [1.54, 1.807) is 18.2 Å². The Morgan fingerprint density at radius 1 is 1.09 bits per heavy atom. The smallest absolute Gasteiger partial charge is 0.333 e. The highest BCUT2D eigenvalue weighted by molar-refractivity contribution is 6.30. The lowest BCUT2D eigenvalue weighted by Crippen LogP contribution is -2.52. The van der Waals surface area contributed by atoms with E-state index in [0.29, 0.717) is 11.3 Å². The molecule has 1 heterocycles.